The molecule has 7 aromatic rings. The van der Waals surface area contributed by atoms with Crippen LogP contribution in [0.4, 0.5) is 0 Å². The first-order valence-corrected chi connectivity index (χ1v) is 49.8. The number of cyclic esters (lactones) is 2. The minimum atomic E-state index is -1.29. The van der Waals surface area contributed by atoms with Crippen LogP contribution in [0.15, 0.2) is 103 Å². The first kappa shape index (κ1) is 112. The second-order valence-electron chi connectivity index (χ2n) is 38.1. The molecular formula is C114H163N5O16. The molecule has 0 aliphatic carbocycles. The molecule has 0 radical (unpaired) electrons. The number of aromatic carboxylic acids is 3. The predicted molar refractivity (Wildman–Crippen MR) is 538 cm³/mol. The van der Waals surface area contributed by atoms with Gasteiger partial charge >= 0.3 is 47.8 Å². The molecule has 740 valence electrons. The van der Waals surface area contributed by atoms with Crippen molar-refractivity contribution in [1.29, 1.82) is 0 Å². The van der Waals surface area contributed by atoms with Gasteiger partial charge in [-0.05, 0) is 332 Å². The molecule has 7 aromatic carbocycles. The van der Waals surface area contributed by atoms with Crippen LogP contribution in [0.25, 0.3) is 0 Å². The van der Waals surface area contributed by atoms with Crippen molar-refractivity contribution >= 4 is 47.8 Å². The average Bonchev–Trinajstić information content (AvgIpc) is 1.53. The van der Waals surface area contributed by atoms with Crippen molar-refractivity contribution in [3.63, 3.8) is 0 Å². The van der Waals surface area contributed by atoms with Crippen molar-refractivity contribution in [2.45, 2.75) is 419 Å². The van der Waals surface area contributed by atoms with E-state index in [2.05, 4.69) is 229 Å². The number of aryl methyl sites for hydroxylation is 9. The Bertz CT molecular complexity index is 5220. The first-order valence-electron chi connectivity index (χ1n) is 49.8. The predicted octanol–water partition coefficient (Wildman–Crippen LogP) is 27.7. The summed E-state index contributed by atoms with van der Waals surface area (Å²) in [5.41, 5.74) is 21.9. The van der Waals surface area contributed by atoms with E-state index in [1.165, 1.54) is 94.1 Å². The Morgan fingerprint density at radius 3 is 0.689 bits per heavy atom. The van der Waals surface area contributed by atoms with Crippen LogP contribution in [0.5, 0.6) is 0 Å². The number of carbonyl (C=O) groups is 8. The monoisotopic (exact) mass is 1860 g/mol. The van der Waals surface area contributed by atoms with Gasteiger partial charge in [-0.2, -0.15) is 5.06 Å². The van der Waals surface area contributed by atoms with Crippen LogP contribution >= 0.6 is 0 Å². The maximum atomic E-state index is 11.9. The summed E-state index contributed by atoms with van der Waals surface area (Å²) in [7, 11) is 0. The number of carboxylic acid groups (broad SMARTS) is 3. The topological polar surface area (TPSA) is 271 Å². The number of ether oxygens (including phenoxy) is 1. The lowest BCUT2D eigenvalue weighted by Gasteiger charge is -2.47. The van der Waals surface area contributed by atoms with E-state index < -0.39 is 58.0 Å². The van der Waals surface area contributed by atoms with Crippen molar-refractivity contribution < 1.29 is 78.1 Å². The lowest BCUT2D eigenvalue weighted by molar-refractivity contribution is -0.264. The lowest BCUT2D eigenvalue weighted by atomic mass is 9.80. The molecule has 0 amide bonds. The van der Waals surface area contributed by atoms with Crippen LogP contribution in [0.3, 0.4) is 0 Å². The van der Waals surface area contributed by atoms with Crippen LogP contribution in [0.1, 0.15) is 458 Å². The number of carbonyl (C=O) groups excluding carboxylic acids is 5. The maximum Gasteiger partial charge on any atom is 0.346 e. The third kappa shape index (κ3) is 18.8. The zero-order valence-corrected chi connectivity index (χ0v) is 87.1. The summed E-state index contributed by atoms with van der Waals surface area (Å²) in [6.45, 7) is 67.3. The fraction of sp³-hybridized carbons (Fsp3) is 0.561. The Morgan fingerprint density at radius 2 is 0.474 bits per heavy atom. The van der Waals surface area contributed by atoms with E-state index in [0.717, 1.165) is 148 Å². The Labute approximate surface area is 808 Å². The normalized spacial score (nSPS) is 17.8. The van der Waals surface area contributed by atoms with E-state index >= 15 is 0 Å². The van der Waals surface area contributed by atoms with E-state index in [9.17, 15) is 58.9 Å². The Hall–Kier alpha value is -9.74. The molecule has 21 nitrogen and oxygen atoms in total. The number of carboxylic acids is 3. The smallest absolute Gasteiger partial charge is 0.346 e. The molecule has 6 heterocycles. The van der Waals surface area contributed by atoms with Gasteiger partial charge in [0.15, 0.2) is 0 Å². The van der Waals surface area contributed by atoms with Crippen LogP contribution in [-0.2, 0) is 95.6 Å². The summed E-state index contributed by atoms with van der Waals surface area (Å²) >= 11 is 0. The van der Waals surface area contributed by atoms with Crippen LogP contribution in [-0.4, -0.2) is 93.4 Å². The number of rotatable bonds is 28. The number of hydrogen-bond acceptors (Lipinski definition) is 18. The summed E-state index contributed by atoms with van der Waals surface area (Å²) in [6, 6.07) is 35.4. The number of hydrogen-bond donors (Lipinski definition) is 4. The molecule has 6 aliphatic heterocycles. The maximum absolute atomic E-state index is 11.9. The van der Waals surface area contributed by atoms with E-state index in [1.54, 1.807) is 39.5 Å². The van der Waals surface area contributed by atoms with Crippen LogP contribution in [0.2, 0.25) is 0 Å². The summed E-state index contributed by atoms with van der Waals surface area (Å²) in [5, 5.41) is 47.1. The van der Waals surface area contributed by atoms with Gasteiger partial charge in [-0.3, -0.25) is 19.3 Å². The van der Waals surface area contributed by atoms with E-state index in [1.807, 2.05) is 64.7 Å². The molecule has 0 atom stereocenters. The standard InChI is InChI=1S/C25H35N.C20H27NO6.C20H29NO4.C20H31NO2.C18H29NO.C10H8O3.CH4/c1-7-24(8-2)22-16-19(5)20(6)17-23(22)25(9-3,10-4)26(24)18-21-14-12-11-13-15-21;1-6-19(7-2)15-10-13(17(23)24)14(18(25)26)11-16(15)20(8-3,9-4)21(19)27-12(5)22;1-7-19(8-2)16-11-13(5)15(18(23)24)12-17(16)20(9-3,10-4)21(19)25-14(6)22;1-8-19(9-2)17-12-14(5)15(6)13-18(17)20(10-3,11-4)21(19)23-16(7)22;1-7-17(8-2)15-11-13(5)14(6)12-16(15)18(9-3,10-4)19(17)20;1-5-3-7-8(4-6(5)2)10(12)13-9(7)11;/h11-17H,7-10,18H2,1-6H3;10-11H,6-9H2,1-5H3,(H,23,24)(H,25,26);11-12H,7-10H2,1-6H3,(H,23,24);12-13H,8-11H2,1-7H3;11-12,20H,7-10H2,1-6H3;3-4H,1-2H3;1H4. The third-order valence-corrected chi connectivity index (χ3v) is 33.1. The number of hydroxylamine groups is 8. The quantitative estimate of drug-likeness (QED) is 0.0262. The van der Waals surface area contributed by atoms with Crippen molar-refractivity contribution in [2.24, 2.45) is 0 Å². The highest BCUT2D eigenvalue weighted by molar-refractivity contribution is 6.15. The zero-order valence-electron chi connectivity index (χ0n) is 87.1. The lowest BCUT2D eigenvalue weighted by Crippen LogP contribution is -2.51. The molecule has 21 heteroatoms. The van der Waals surface area contributed by atoms with Crippen molar-refractivity contribution in [3.05, 3.63) is 242 Å². The molecule has 0 bridgehead atoms. The molecule has 4 N–H and O–H groups in total. The van der Waals surface area contributed by atoms with Gasteiger partial charge in [0, 0.05) is 38.4 Å². The van der Waals surface area contributed by atoms with Crippen LogP contribution < -0.4 is 0 Å². The van der Waals surface area contributed by atoms with Gasteiger partial charge in [0.1, 0.15) is 0 Å². The van der Waals surface area contributed by atoms with Gasteiger partial charge in [-0.15, -0.1) is 15.2 Å². The molecule has 0 unspecified atom stereocenters. The summed E-state index contributed by atoms with van der Waals surface area (Å²) in [5.74, 6) is -5.62. The Balaban J connectivity index is 0.000000223. The van der Waals surface area contributed by atoms with Gasteiger partial charge in [-0.1, -0.05) is 219 Å². The minimum Gasteiger partial charge on any atom is -0.478 e. The van der Waals surface area contributed by atoms with Gasteiger partial charge in [0.25, 0.3) is 0 Å². The fourth-order valence-corrected chi connectivity index (χ4v) is 24.1. The molecule has 135 heavy (non-hydrogen) atoms. The van der Waals surface area contributed by atoms with Crippen molar-refractivity contribution in [2.75, 3.05) is 0 Å². The molecule has 0 aromatic heterocycles. The van der Waals surface area contributed by atoms with Crippen molar-refractivity contribution in [1.82, 2.24) is 25.2 Å². The number of fused-ring (bicyclic) bond motifs is 6. The van der Waals surface area contributed by atoms with Crippen molar-refractivity contribution in [3.8, 4) is 0 Å². The summed E-state index contributed by atoms with van der Waals surface area (Å²) in [6.07, 6.45) is 17.4. The highest BCUT2D eigenvalue weighted by Crippen LogP contribution is 2.63. The van der Waals surface area contributed by atoms with Gasteiger partial charge in [0.05, 0.1) is 72.1 Å². The Morgan fingerprint density at radius 1 is 0.281 bits per heavy atom. The first-order chi connectivity index (χ1) is 63.2. The van der Waals surface area contributed by atoms with E-state index in [-0.39, 0.29) is 63.7 Å². The minimum absolute atomic E-state index is 0. The van der Waals surface area contributed by atoms with Gasteiger partial charge in [-0.25, -0.2) is 24.0 Å². The second kappa shape index (κ2) is 44.4. The molecule has 0 saturated heterocycles. The van der Waals surface area contributed by atoms with Gasteiger partial charge < -0.3 is 39.8 Å². The van der Waals surface area contributed by atoms with E-state index in [0.29, 0.717) is 42.4 Å². The highest BCUT2D eigenvalue weighted by Gasteiger charge is 2.63. The highest BCUT2D eigenvalue weighted by atomic mass is 16.7. The number of esters is 2. The zero-order chi connectivity index (χ0) is 101. The summed E-state index contributed by atoms with van der Waals surface area (Å²) < 4.78 is 4.46. The largest absolute Gasteiger partial charge is 0.478 e. The second-order valence-corrected chi connectivity index (χ2v) is 38.1. The van der Waals surface area contributed by atoms with Crippen LogP contribution in [0, 0.1) is 62.3 Å². The average molecular weight is 1860 g/mol. The third-order valence-electron chi connectivity index (χ3n) is 33.1. The molecule has 0 saturated carbocycles. The number of nitrogens with zero attached hydrogens (tertiary/aromatic N) is 5. The molecular weight excluding hydrogens is 1700 g/mol. The van der Waals surface area contributed by atoms with E-state index in [4.69, 9.17) is 14.5 Å². The Kier molecular flexibility index (Phi) is 36.9. The molecule has 6 aliphatic rings. The fourth-order valence-electron chi connectivity index (χ4n) is 24.1. The summed E-state index contributed by atoms with van der Waals surface area (Å²) in [4.78, 5) is 113. The number of benzene rings is 7. The molecule has 13 rings (SSSR count). The molecule has 0 spiro atoms. The SMILES string of the molecule is C.CCC1(CC)c2cc(C(=O)O)c(C(=O)O)cc2C(CC)(CC)N1OC(C)=O.CCC1(CC)c2cc(C)c(C(=O)O)cc2C(CC)(CC)N1OC(C)=O.CCC1(CC)c2cc(C)c(C)cc2C(CC)(CC)N1Cc1ccccc1.CCC1(CC)c2cc(C)c(C)cc2C(CC)(CC)N1O.CCC1(CC)c2cc(C)c(C)cc2C(CC)(CC)N1OC(C)=O.Cc1cc2c(cc1C)C(=O)OC2=O. The van der Waals surface area contributed by atoms with Gasteiger partial charge in [0.2, 0.25) is 0 Å². The molecule has 0 fully saturated rings.